The zero-order chi connectivity index (χ0) is 26.7. The zero-order valence-corrected chi connectivity index (χ0v) is 23.8. The summed E-state index contributed by atoms with van der Waals surface area (Å²) >= 11 is 0. The molecule has 1 nitrogen and oxygen atoms in total. The molecule has 1 heteroatoms. The van der Waals surface area contributed by atoms with E-state index in [-0.39, 0.29) is 0 Å². The van der Waals surface area contributed by atoms with Gasteiger partial charge in [-0.25, -0.2) is 0 Å². The average molecular weight is 470 g/mol. The van der Waals surface area contributed by atoms with Crippen LogP contribution in [0.2, 0.25) is 0 Å². The Labute approximate surface area is 216 Å². The van der Waals surface area contributed by atoms with E-state index < -0.39 is 0 Å². The number of hydrogen-bond donors (Lipinski definition) is 1. The fraction of sp³-hybridized carbons (Fsp3) is 0.353. The predicted octanol–water partition coefficient (Wildman–Crippen LogP) is 10.2. The molecule has 0 fully saturated rings. The summed E-state index contributed by atoms with van der Waals surface area (Å²) in [7, 11) is 0. The quantitative estimate of drug-likeness (QED) is 0.300. The molecular formula is C34H47N. The summed E-state index contributed by atoms with van der Waals surface area (Å²) in [4.78, 5) is 0. The zero-order valence-electron chi connectivity index (χ0n) is 23.8. The van der Waals surface area contributed by atoms with Crippen molar-refractivity contribution >= 4 is 16.8 Å². The van der Waals surface area contributed by atoms with E-state index >= 15 is 0 Å². The van der Waals surface area contributed by atoms with Gasteiger partial charge in [0.2, 0.25) is 0 Å². The Balaban J connectivity index is 3.59. The molecule has 0 aliphatic carbocycles. The molecule has 1 aromatic carbocycles. The first-order chi connectivity index (χ1) is 16.5. The minimum atomic E-state index is 0.696. The van der Waals surface area contributed by atoms with E-state index in [9.17, 15) is 0 Å². The maximum Gasteiger partial charge on any atom is 0.0405 e. The van der Waals surface area contributed by atoms with Gasteiger partial charge in [-0.05, 0) is 106 Å². The molecule has 0 heterocycles. The first-order valence-electron chi connectivity index (χ1n) is 12.7. The fourth-order valence-corrected chi connectivity index (χ4v) is 4.06. The van der Waals surface area contributed by atoms with E-state index in [4.69, 9.17) is 0 Å². The SMILES string of the molecule is C=C/C(=C\C=C(/C)CC)c1cc(C)c(/C(C)=C\C)c(C(=C)NC/C(C(=C)CC)=C(\C)C=C(C)C)c1. The Bertz CT molecular complexity index is 1110. The molecule has 0 amide bonds. The van der Waals surface area contributed by atoms with Gasteiger partial charge in [0.15, 0.2) is 0 Å². The van der Waals surface area contributed by atoms with Crippen LogP contribution in [0.1, 0.15) is 90.5 Å². The largest absolute Gasteiger partial charge is 0.381 e. The second-order valence-corrected chi connectivity index (χ2v) is 9.55. The molecule has 1 N–H and O–H groups in total. The summed E-state index contributed by atoms with van der Waals surface area (Å²) in [6.07, 6.45) is 12.6. The standard InChI is InChI=1S/C34H47N/c1-13-24(7)17-18-30(16-4)31-20-28(11)34(26(9)15-3)32(21-31)29(12)35-22-33(25(8)14-2)27(10)19-23(5)6/h15-21,35H,4,8,12-14,22H2,1-3,5-7,9-11H3/b24-17+,26-15-,30-18+,33-27-. The summed E-state index contributed by atoms with van der Waals surface area (Å²) in [5, 5.41) is 3.63. The third kappa shape index (κ3) is 8.58. The molecule has 0 atom stereocenters. The number of allylic oxidation sites excluding steroid dienone is 10. The van der Waals surface area contributed by atoms with E-state index in [1.807, 2.05) is 6.08 Å². The van der Waals surface area contributed by atoms with Crippen molar-refractivity contribution in [3.05, 3.63) is 112 Å². The lowest BCUT2D eigenvalue weighted by atomic mass is 9.89. The summed E-state index contributed by atoms with van der Waals surface area (Å²) < 4.78 is 0. The van der Waals surface area contributed by atoms with Crippen molar-refractivity contribution in [1.82, 2.24) is 5.32 Å². The monoisotopic (exact) mass is 469 g/mol. The highest BCUT2D eigenvalue weighted by atomic mass is 14.9. The molecular weight excluding hydrogens is 422 g/mol. The van der Waals surface area contributed by atoms with Crippen LogP contribution < -0.4 is 5.32 Å². The van der Waals surface area contributed by atoms with Crippen molar-refractivity contribution in [1.29, 1.82) is 0 Å². The van der Waals surface area contributed by atoms with Crippen LogP contribution in [0, 0.1) is 6.92 Å². The highest BCUT2D eigenvalue weighted by Crippen LogP contribution is 2.32. The third-order valence-corrected chi connectivity index (χ3v) is 6.46. The van der Waals surface area contributed by atoms with Gasteiger partial charge in [0.1, 0.15) is 0 Å². The molecule has 0 aromatic heterocycles. The van der Waals surface area contributed by atoms with Crippen LogP contribution in [0.3, 0.4) is 0 Å². The van der Waals surface area contributed by atoms with Gasteiger partial charge in [-0.1, -0.05) is 86.8 Å². The number of aryl methyl sites for hydroxylation is 1. The van der Waals surface area contributed by atoms with Gasteiger partial charge in [-0.15, -0.1) is 0 Å². The average Bonchev–Trinajstić information content (AvgIpc) is 2.82. The van der Waals surface area contributed by atoms with E-state index in [1.165, 1.54) is 39.0 Å². The van der Waals surface area contributed by atoms with E-state index in [2.05, 4.69) is 124 Å². The van der Waals surface area contributed by atoms with Gasteiger partial charge in [0.05, 0.1) is 0 Å². The minimum Gasteiger partial charge on any atom is -0.381 e. The summed E-state index contributed by atoms with van der Waals surface area (Å²) in [6, 6.07) is 4.50. The molecule has 0 aliphatic heterocycles. The molecule has 0 saturated heterocycles. The second-order valence-electron chi connectivity index (χ2n) is 9.55. The van der Waals surface area contributed by atoms with E-state index in [0.717, 1.165) is 40.8 Å². The summed E-state index contributed by atoms with van der Waals surface area (Å²) in [5.41, 5.74) is 14.3. The van der Waals surface area contributed by atoms with Crippen molar-refractivity contribution in [3.63, 3.8) is 0 Å². The first kappa shape index (κ1) is 30.0. The number of rotatable bonds is 12. The van der Waals surface area contributed by atoms with Crippen LogP contribution in [-0.4, -0.2) is 6.54 Å². The van der Waals surface area contributed by atoms with Crippen molar-refractivity contribution in [2.24, 2.45) is 0 Å². The van der Waals surface area contributed by atoms with Crippen LogP contribution in [0.25, 0.3) is 16.8 Å². The number of hydrogen-bond acceptors (Lipinski definition) is 1. The Morgan fingerprint density at radius 2 is 1.63 bits per heavy atom. The molecule has 0 radical (unpaired) electrons. The highest BCUT2D eigenvalue weighted by molar-refractivity contribution is 5.84. The van der Waals surface area contributed by atoms with Gasteiger partial charge in [0.25, 0.3) is 0 Å². The molecule has 0 unspecified atom stereocenters. The second kappa shape index (κ2) is 14.4. The maximum atomic E-state index is 4.47. The normalized spacial score (nSPS) is 13.2. The maximum absolute atomic E-state index is 4.47. The molecule has 0 spiro atoms. The Morgan fingerprint density at radius 1 is 0.971 bits per heavy atom. The summed E-state index contributed by atoms with van der Waals surface area (Å²) in [5.74, 6) is 0. The molecule has 0 saturated carbocycles. The Hall–Kier alpha value is -3.06. The van der Waals surface area contributed by atoms with Crippen LogP contribution in [-0.2, 0) is 0 Å². The predicted molar refractivity (Wildman–Crippen MR) is 161 cm³/mol. The van der Waals surface area contributed by atoms with Crippen LogP contribution in [0.5, 0.6) is 0 Å². The topological polar surface area (TPSA) is 12.0 Å². The lowest BCUT2D eigenvalue weighted by molar-refractivity contribution is 0.930. The van der Waals surface area contributed by atoms with Crippen molar-refractivity contribution in [3.8, 4) is 0 Å². The van der Waals surface area contributed by atoms with Gasteiger partial charge < -0.3 is 5.32 Å². The third-order valence-electron chi connectivity index (χ3n) is 6.46. The van der Waals surface area contributed by atoms with E-state index in [0.29, 0.717) is 6.54 Å². The first-order valence-corrected chi connectivity index (χ1v) is 12.7. The number of nitrogens with one attached hydrogen (secondary N) is 1. The summed E-state index contributed by atoms with van der Waals surface area (Å²) in [6.45, 7) is 32.9. The Kier molecular flexibility index (Phi) is 12.3. The van der Waals surface area contributed by atoms with Crippen LogP contribution in [0.4, 0.5) is 0 Å². The molecule has 35 heavy (non-hydrogen) atoms. The van der Waals surface area contributed by atoms with Gasteiger partial charge >= 0.3 is 0 Å². The molecule has 1 aromatic rings. The van der Waals surface area contributed by atoms with Crippen molar-refractivity contribution in [2.45, 2.75) is 75.2 Å². The number of benzene rings is 1. The van der Waals surface area contributed by atoms with Gasteiger partial charge in [0, 0.05) is 17.8 Å². The van der Waals surface area contributed by atoms with Gasteiger partial charge in [-0.2, -0.15) is 0 Å². The van der Waals surface area contributed by atoms with Gasteiger partial charge in [-0.3, -0.25) is 0 Å². The smallest absolute Gasteiger partial charge is 0.0405 e. The minimum absolute atomic E-state index is 0.696. The fourth-order valence-electron chi connectivity index (χ4n) is 4.06. The Morgan fingerprint density at radius 3 is 2.14 bits per heavy atom. The molecule has 188 valence electrons. The highest BCUT2D eigenvalue weighted by Gasteiger charge is 2.15. The van der Waals surface area contributed by atoms with Crippen molar-refractivity contribution in [2.75, 3.05) is 6.54 Å². The molecule has 0 aliphatic rings. The lowest BCUT2D eigenvalue weighted by Gasteiger charge is -2.21. The van der Waals surface area contributed by atoms with E-state index in [1.54, 1.807) is 0 Å². The van der Waals surface area contributed by atoms with Crippen molar-refractivity contribution < 1.29 is 0 Å². The molecule has 0 bridgehead atoms. The molecule has 1 rings (SSSR count). The van der Waals surface area contributed by atoms with Crippen LogP contribution in [0.15, 0.2) is 90.1 Å². The van der Waals surface area contributed by atoms with Crippen LogP contribution >= 0.6 is 0 Å². The lowest BCUT2D eigenvalue weighted by Crippen LogP contribution is -2.18.